The summed E-state index contributed by atoms with van der Waals surface area (Å²) in [5, 5.41) is 0.613. The average molecular weight is 382 g/mol. The number of aryl methyl sites for hydroxylation is 3. The molecule has 1 atom stereocenters. The Morgan fingerprint density at radius 3 is 2.59 bits per heavy atom. The fraction of sp³-hybridized carbons (Fsp3) is 0.286. The number of hydrogen-bond donors (Lipinski definition) is 0. The van der Waals surface area contributed by atoms with Crippen LogP contribution in [0.15, 0.2) is 36.7 Å². The Morgan fingerprint density at radius 2 is 1.85 bits per heavy atom. The predicted octanol–water partition coefficient (Wildman–Crippen LogP) is 4.31. The van der Waals surface area contributed by atoms with Crippen LogP contribution in [0.2, 0.25) is 5.02 Å². The van der Waals surface area contributed by atoms with Crippen LogP contribution in [0.25, 0.3) is 11.0 Å². The largest absolute Gasteiger partial charge is 0.312 e. The summed E-state index contributed by atoms with van der Waals surface area (Å²) in [6.07, 6.45) is 1.75. The molecule has 0 spiro atoms. The first kappa shape index (κ1) is 17.7. The number of aromatic nitrogens is 2. The third kappa shape index (κ3) is 3.02. The Balaban J connectivity index is 1.63. The molecule has 1 unspecified atom stereocenters. The summed E-state index contributed by atoms with van der Waals surface area (Å²) in [6, 6.07) is 9.48. The van der Waals surface area contributed by atoms with Gasteiger partial charge in [0, 0.05) is 23.7 Å². The van der Waals surface area contributed by atoms with Gasteiger partial charge in [0.15, 0.2) is 0 Å². The molecule has 0 saturated carbocycles. The van der Waals surface area contributed by atoms with Gasteiger partial charge in [-0.1, -0.05) is 17.7 Å². The van der Waals surface area contributed by atoms with Crippen molar-refractivity contribution in [2.75, 3.05) is 11.4 Å². The van der Waals surface area contributed by atoms with E-state index in [1.54, 1.807) is 21.9 Å². The minimum absolute atomic E-state index is 0.0651. The molecule has 27 heavy (non-hydrogen) atoms. The fourth-order valence-electron chi connectivity index (χ4n) is 3.51. The van der Waals surface area contributed by atoms with Gasteiger partial charge in [0.2, 0.25) is 11.8 Å². The van der Waals surface area contributed by atoms with E-state index in [1.807, 2.05) is 45.0 Å². The summed E-state index contributed by atoms with van der Waals surface area (Å²) in [7, 11) is 0. The maximum Gasteiger partial charge on any atom is 0.237 e. The fourth-order valence-corrected chi connectivity index (χ4v) is 3.68. The summed E-state index contributed by atoms with van der Waals surface area (Å²) in [5.74, 6) is -0.573. The summed E-state index contributed by atoms with van der Waals surface area (Å²) < 4.78 is 1.57. The van der Waals surface area contributed by atoms with Crippen LogP contribution in [0.3, 0.4) is 0 Å². The highest BCUT2D eigenvalue weighted by molar-refractivity contribution is 6.31. The Labute approximate surface area is 162 Å². The number of amides is 1. The molecule has 4 rings (SSSR count). The molecule has 138 valence electrons. The third-order valence-electron chi connectivity index (χ3n) is 5.34. The van der Waals surface area contributed by atoms with Gasteiger partial charge in [-0.3, -0.25) is 14.2 Å². The number of carbonyl (C=O) groups excluding carboxylic acids is 2. The number of hydrogen-bond acceptors (Lipinski definition) is 3. The Morgan fingerprint density at radius 1 is 1.11 bits per heavy atom. The molecule has 1 aromatic heterocycles. The van der Waals surface area contributed by atoms with Gasteiger partial charge in [0.25, 0.3) is 0 Å². The van der Waals surface area contributed by atoms with Crippen molar-refractivity contribution in [1.29, 1.82) is 0 Å². The Kier molecular flexibility index (Phi) is 4.27. The highest BCUT2D eigenvalue weighted by Gasteiger charge is 2.36. The summed E-state index contributed by atoms with van der Waals surface area (Å²) in [6.45, 7) is 6.30. The molecule has 6 heteroatoms. The second-order valence-corrected chi connectivity index (χ2v) is 7.62. The Bertz CT molecular complexity index is 1090. The molecule has 1 aliphatic rings. The monoisotopic (exact) mass is 381 g/mol. The normalized spacial score (nSPS) is 17.1. The van der Waals surface area contributed by atoms with Gasteiger partial charge < -0.3 is 4.90 Å². The second-order valence-electron chi connectivity index (χ2n) is 7.22. The maximum absolute atomic E-state index is 13.1. The predicted molar refractivity (Wildman–Crippen MR) is 106 cm³/mol. The summed E-state index contributed by atoms with van der Waals surface area (Å²) in [4.78, 5) is 31.6. The highest BCUT2D eigenvalue weighted by atomic mass is 35.5. The van der Waals surface area contributed by atoms with Crippen molar-refractivity contribution in [3.05, 3.63) is 58.4 Å². The van der Waals surface area contributed by atoms with Crippen molar-refractivity contribution in [3.8, 4) is 0 Å². The first-order chi connectivity index (χ1) is 12.8. The lowest BCUT2D eigenvalue weighted by Gasteiger charge is -2.17. The van der Waals surface area contributed by atoms with E-state index in [-0.39, 0.29) is 18.2 Å². The number of halogens is 1. The smallest absolute Gasteiger partial charge is 0.237 e. The zero-order valence-corrected chi connectivity index (χ0v) is 16.2. The van der Waals surface area contributed by atoms with Crippen molar-refractivity contribution in [3.63, 3.8) is 0 Å². The van der Waals surface area contributed by atoms with Gasteiger partial charge in [-0.25, -0.2) is 4.98 Å². The van der Waals surface area contributed by atoms with Crippen LogP contribution in [0.1, 0.15) is 27.9 Å². The van der Waals surface area contributed by atoms with E-state index in [1.165, 1.54) is 0 Å². The third-order valence-corrected chi connectivity index (χ3v) is 5.75. The van der Waals surface area contributed by atoms with Crippen LogP contribution in [-0.4, -0.2) is 27.9 Å². The number of imidazole rings is 1. The SMILES string of the molecule is Cc1cc2ncn(C(=O)C3CC(=O)N(c4ccc(C)c(Cl)c4)C3)c2cc1C. The standard InChI is InChI=1S/C21H20ClN3O2/c1-12-4-5-16(9-17(12)22)24-10-15(8-20(24)26)21(27)25-11-23-18-6-13(2)14(3)7-19(18)25/h4-7,9,11,15H,8,10H2,1-3H3. The van der Waals surface area contributed by atoms with Crippen molar-refractivity contribution in [2.24, 2.45) is 5.92 Å². The zero-order chi connectivity index (χ0) is 19.3. The number of carbonyl (C=O) groups is 2. The lowest BCUT2D eigenvalue weighted by molar-refractivity contribution is -0.117. The van der Waals surface area contributed by atoms with Crippen molar-refractivity contribution >= 4 is 40.1 Å². The Hall–Kier alpha value is -2.66. The van der Waals surface area contributed by atoms with Gasteiger partial charge in [-0.2, -0.15) is 0 Å². The van der Waals surface area contributed by atoms with E-state index in [4.69, 9.17) is 11.6 Å². The molecule has 1 aliphatic heterocycles. The van der Waals surface area contributed by atoms with Gasteiger partial charge in [-0.15, -0.1) is 0 Å². The minimum atomic E-state index is -0.406. The summed E-state index contributed by atoms with van der Waals surface area (Å²) >= 11 is 6.20. The molecular formula is C21H20ClN3O2. The molecule has 1 saturated heterocycles. The topological polar surface area (TPSA) is 55.2 Å². The molecule has 2 heterocycles. The summed E-state index contributed by atoms with van der Waals surface area (Å²) in [5.41, 5.74) is 5.50. The molecule has 5 nitrogen and oxygen atoms in total. The lowest BCUT2D eigenvalue weighted by Crippen LogP contribution is -2.27. The molecule has 1 amide bonds. The van der Waals surface area contributed by atoms with Crippen molar-refractivity contribution in [1.82, 2.24) is 9.55 Å². The van der Waals surface area contributed by atoms with Crippen molar-refractivity contribution in [2.45, 2.75) is 27.2 Å². The van der Waals surface area contributed by atoms with E-state index in [9.17, 15) is 9.59 Å². The molecule has 0 radical (unpaired) electrons. The van der Waals surface area contributed by atoms with Crippen LogP contribution < -0.4 is 4.90 Å². The van der Waals surface area contributed by atoms with E-state index in [0.717, 1.165) is 33.4 Å². The first-order valence-corrected chi connectivity index (χ1v) is 9.28. The molecule has 2 aromatic carbocycles. The molecule has 0 aliphatic carbocycles. The number of benzene rings is 2. The number of nitrogens with zero attached hydrogens (tertiary/aromatic N) is 3. The molecule has 3 aromatic rings. The van der Waals surface area contributed by atoms with Gasteiger partial charge >= 0.3 is 0 Å². The van der Waals surface area contributed by atoms with E-state index >= 15 is 0 Å². The maximum atomic E-state index is 13.1. The van der Waals surface area contributed by atoms with Crippen LogP contribution in [0, 0.1) is 26.7 Å². The van der Waals surface area contributed by atoms with E-state index in [2.05, 4.69) is 4.98 Å². The molecule has 0 N–H and O–H groups in total. The van der Waals surface area contributed by atoms with Crippen LogP contribution in [-0.2, 0) is 4.79 Å². The minimum Gasteiger partial charge on any atom is -0.312 e. The van der Waals surface area contributed by atoms with Crippen molar-refractivity contribution < 1.29 is 9.59 Å². The van der Waals surface area contributed by atoms with Gasteiger partial charge in [-0.05, 0) is 61.7 Å². The second kappa shape index (κ2) is 6.50. The zero-order valence-electron chi connectivity index (χ0n) is 15.5. The molecular weight excluding hydrogens is 362 g/mol. The molecule has 1 fully saturated rings. The lowest BCUT2D eigenvalue weighted by atomic mass is 10.1. The van der Waals surface area contributed by atoms with E-state index < -0.39 is 5.92 Å². The number of rotatable bonds is 2. The van der Waals surface area contributed by atoms with Crippen LogP contribution >= 0.6 is 11.6 Å². The number of fused-ring (bicyclic) bond motifs is 1. The molecule has 0 bridgehead atoms. The van der Waals surface area contributed by atoms with Crippen LogP contribution in [0.4, 0.5) is 5.69 Å². The first-order valence-electron chi connectivity index (χ1n) is 8.90. The number of anilines is 1. The van der Waals surface area contributed by atoms with Crippen LogP contribution in [0.5, 0.6) is 0 Å². The average Bonchev–Trinajstić information content (AvgIpc) is 3.21. The van der Waals surface area contributed by atoms with Gasteiger partial charge in [0.05, 0.1) is 17.0 Å². The van der Waals surface area contributed by atoms with Gasteiger partial charge in [0.1, 0.15) is 6.33 Å². The quantitative estimate of drug-likeness (QED) is 0.664. The highest BCUT2D eigenvalue weighted by Crippen LogP contribution is 2.30. The van der Waals surface area contributed by atoms with E-state index in [0.29, 0.717) is 11.6 Å².